The van der Waals surface area contributed by atoms with Gasteiger partial charge in [-0.3, -0.25) is 0 Å². The van der Waals surface area contributed by atoms with Crippen LogP contribution in [-0.2, 0) is 4.74 Å². The number of hydrogen-bond donors (Lipinski definition) is 0. The van der Waals surface area contributed by atoms with Crippen LogP contribution in [0.25, 0.3) is 0 Å². The molecule has 1 aromatic carbocycles. The monoisotopic (exact) mass is 206 g/mol. The highest BCUT2D eigenvalue weighted by Gasteiger charge is 2.18. The normalized spacial score (nSPS) is 21.9. The molecule has 0 radical (unpaired) electrons. The van der Waals surface area contributed by atoms with Crippen molar-refractivity contribution in [2.24, 2.45) is 0 Å². The molecular formula is C13H15FO. The zero-order valence-electron chi connectivity index (χ0n) is 9.09. The Morgan fingerprint density at radius 3 is 2.73 bits per heavy atom. The molecule has 0 saturated heterocycles. The summed E-state index contributed by atoms with van der Waals surface area (Å²) in [6, 6.07) is 6.66. The molecule has 0 bridgehead atoms. The predicted molar refractivity (Wildman–Crippen MR) is 58.1 cm³/mol. The average Bonchev–Trinajstić information content (AvgIpc) is 2.22. The first-order chi connectivity index (χ1) is 7.16. The Morgan fingerprint density at radius 1 is 1.27 bits per heavy atom. The molecule has 2 rings (SSSR count). The number of benzene rings is 1. The fraction of sp³-hybridized carbons (Fsp3) is 0.385. The Labute approximate surface area is 89.6 Å². The number of ether oxygens (including phenoxy) is 1. The van der Waals surface area contributed by atoms with Gasteiger partial charge in [0.2, 0.25) is 0 Å². The van der Waals surface area contributed by atoms with E-state index in [0.29, 0.717) is 6.61 Å². The summed E-state index contributed by atoms with van der Waals surface area (Å²) >= 11 is 0. The molecular weight excluding hydrogens is 191 g/mol. The van der Waals surface area contributed by atoms with Crippen molar-refractivity contribution in [2.75, 3.05) is 6.61 Å². The molecule has 0 unspecified atom stereocenters. The van der Waals surface area contributed by atoms with Crippen LogP contribution in [0.1, 0.15) is 31.9 Å². The minimum atomic E-state index is -0.194. The smallest absolute Gasteiger partial charge is 0.123 e. The zero-order chi connectivity index (χ0) is 10.8. The molecule has 0 aromatic heterocycles. The Morgan fingerprint density at radius 2 is 2.07 bits per heavy atom. The summed E-state index contributed by atoms with van der Waals surface area (Å²) in [6.45, 7) is 4.86. The molecule has 80 valence electrons. The van der Waals surface area contributed by atoms with Gasteiger partial charge in [-0.2, -0.15) is 0 Å². The van der Waals surface area contributed by atoms with E-state index in [1.807, 2.05) is 6.07 Å². The summed E-state index contributed by atoms with van der Waals surface area (Å²) in [5.74, 6) is -0.194. The van der Waals surface area contributed by atoms with Crippen molar-refractivity contribution < 1.29 is 9.13 Å². The summed E-state index contributed by atoms with van der Waals surface area (Å²) in [4.78, 5) is 0. The van der Waals surface area contributed by atoms with Crippen molar-refractivity contribution in [1.82, 2.24) is 0 Å². The third kappa shape index (κ3) is 2.26. The van der Waals surface area contributed by atoms with Gasteiger partial charge in [0.25, 0.3) is 0 Å². The van der Waals surface area contributed by atoms with Crippen molar-refractivity contribution in [1.29, 1.82) is 0 Å². The third-order valence-corrected chi connectivity index (χ3v) is 2.94. The van der Waals surface area contributed by atoms with E-state index in [-0.39, 0.29) is 11.9 Å². The molecule has 1 aromatic rings. The average molecular weight is 206 g/mol. The van der Waals surface area contributed by atoms with Crippen LogP contribution in [0, 0.1) is 5.82 Å². The summed E-state index contributed by atoms with van der Waals surface area (Å²) in [5, 5.41) is 0. The number of hydrogen-bond acceptors (Lipinski definition) is 1. The van der Waals surface area contributed by atoms with Gasteiger partial charge in [0, 0.05) is 0 Å². The quantitative estimate of drug-likeness (QED) is 0.637. The molecule has 0 fully saturated rings. The molecule has 2 heteroatoms. The van der Waals surface area contributed by atoms with Gasteiger partial charge < -0.3 is 4.74 Å². The Balaban J connectivity index is 2.20. The van der Waals surface area contributed by atoms with Gasteiger partial charge in [-0.25, -0.2) is 4.39 Å². The third-order valence-electron chi connectivity index (χ3n) is 2.94. The van der Waals surface area contributed by atoms with E-state index in [2.05, 4.69) is 13.8 Å². The number of halogens is 1. The van der Waals surface area contributed by atoms with E-state index < -0.39 is 0 Å². The molecule has 1 aliphatic rings. The molecule has 0 saturated carbocycles. The maximum Gasteiger partial charge on any atom is 0.123 e. The second kappa shape index (κ2) is 4.15. The topological polar surface area (TPSA) is 9.23 Å². The van der Waals surface area contributed by atoms with Crippen LogP contribution in [0.2, 0.25) is 0 Å². The van der Waals surface area contributed by atoms with Gasteiger partial charge in [0.15, 0.2) is 0 Å². The standard InChI is InChI=1S/C13H15FO/c1-9-6-13(15-8-10(9)2)11-4-3-5-12(14)7-11/h3-5,7,13H,6,8H2,1-2H3/t13-/m1/s1. The van der Waals surface area contributed by atoms with E-state index in [4.69, 9.17) is 4.74 Å². The largest absolute Gasteiger partial charge is 0.369 e. The van der Waals surface area contributed by atoms with Crippen molar-refractivity contribution in [3.8, 4) is 0 Å². The fourth-order valence-corrected chi connectivity index (χ4v) is 1.78. The second-order valence-electron chi connectivity index (χ2n) is 4.12. The molecule has 0 aliphatic carbocycles. The fourth-order valence-electron chi connectivity index (χ4n) is 1.78. The van der Waals surface area contributed by atoms with Crippen LogP contribution in [0.3, 0.4) is 0 Å². The van der Waals surface area contributed by atoms with Crippen LogP contribution < -0.4 is 0 Å². The van der Waals surface area contributed by atoms with E-state index in [9.17, 15) is 4.39 Å². The van der Waals surface area contributed by atoms with Crippen LogP contribution in [-0.4, -0.2) is 6.61 Å². The zero-order valence-corrected chi connectivity index (χ0v) is 9.09. The van der Waals surface area contributed by atoms with Crippen LogP contribution >= 0.6 is 0 Å². The first kappa shape index (κ1) is 10.4. The molecule has 0 N–H and O–H groups in total. The first-order valence-corrected chi connectivity index (χ1v) is 5.19. The summed E-state index contributed by atoms with van der Waals surface area (Å²) in [7, 11) is 0. The maximum atomic E-state index is 13.0. The molecule has 0 spiro atoms. The van der Waals surface area contributed by atoms with Crippen LogP contribution in [0.15, 0.2) is 35.4 Å². The van der Waals surface area contributed by atoms with E-state index in [0.717, 1.165) is 12.0 Å². The minimum Gasteiger partial charge on any atom is -0.369 e. The lowest BCUT2D eigenvalue weighted by atomic mass is 9.97. The molecule has 1 nitrogen and oxygen atoms in total. The predicted octanol–water partition coefficient (Wildman–Crippen LogP) is 3.62. The molecule has 1 aliphatic heterocycles. The minimum absolute atomic E-state index is 0.0180. The molecule has 1 heterocycles. The van der Waals surface area contributed by atoms with Gasteiger partial charge in [0.1, 0.15) is 5.82 Å². The Kier molecular flexibility index (Phi) is 2.87. The number of rotatable bonds is 1. The molecule has 15 heavy (non-hydrogen) atoms. The van der Waals surface area contributed by atoms with Crippen LogP contribution in [0.5, 0.6) is 0 Å². The van der Waals surface area contributed by atoms with E-state index >= 15 is 0 Å². The Bertz CT molecular complexity index is 395. The lowest BCUT2D eigenvalue weighted by Crippen LogP contribution is -2.13. The highest BCUT2D eigenvalue weighted by Crippen LogP contribution is 2.31. The van der Waals surface area contributed by atoms with Gasteiger partial charge in [0.05, 0.1) is 12.7 Å². The SMILES string of the molecule is CC1=C(C)C[C@H](c2cccc(F)c2)OC1. The lowest BCUT2D eigenvalue weighted by Gasteiger charge is -2.25. The van der Waals surface area contributed by atoms with Gasteiger partial charge in [-0.1, -0.05) is 17.7 Å². The van der Waals surface area contributed by atoms with Crippen molar-refractivity contribution >= 4 is 0 Å². The van der Waals surface area contributed by atoms with Gasteiger partial charge in [-0.15, -0.1) is 0 Å². The molecule has 0 amide bonds. The highest BCUT2D eigenvalue weighted by atomic mass is 19.1. The van der Waals surface area contributed by atoms with Crippen LogP contribution in [0.4, 0.5) is 4.39 Å². The summed E-state index contributed by atoms with van der Waals surface area (Å²) in [6.07, 6.45) is 0.888. The van der Waals surface area contributed by atoms with E-state index in [1.165, 1.54) is 17.2 Å². The second-order valence-corrected chi connectivity index (χ2v) is 4.12. The lowest BCUT2D eigenvalue weighted by molar-refractivity contribution is 0.0576. The van der Waals surface area contributed by atoms with Crippen molar-refractivity contribution in [3.05, 3.63) is 46.8 Å². The highest BCUT2D eigenvalue weighted by molar-refractivity contribution is 5.24. The van der Waals surface area contributed by atoms with Crippen molar-refractivity contribution in [3.63, 3.8) is 0 Å². The Hall–Kier alpha value is -1.15. The maximum absolute atomic E-state index is 13.0. The van der Waals surface area contributed by atoms with Crippen molar-refractivity contribution in [2.45, 2.75) is 26.4 Å². The van der Waals surface area contributed by atoms with E-state index in [1.54, 1.807) is 12.1 Å². The first-order valence-electron chi connectivity index (χ1n) is 5.19. The summed E-state index contributed by atoms with van der Waals surface area (Å²) in [5.41, 5.74) is 3.58. The van der Waals surface area contributed by atoms with Gasteiger partial charge in [-0.05, 0) is 43.5 Å². The summed E-state index contributed by atoms with van der Waals surface area (Å²) < 4.78 is 18.7. The molecule has 1 atom stereocenters. The van der Waals surface area contributed by atoms with Gasteiger partial charge >= 0.3 is 0 Å².